The molecule has 2 aliphatic heterocycles. The summed E-state index contributed by atoms with van der Waals surface area (Å²) in [5.41, 5.74) is 4.19. The van der Waals surface area contributed by atoms with Crippen molar-refractivity contribution in [1.29, 1.82) is 0 Å². The highest BCUT2D eigenvalue weighted by atomic mass is 35.5. The Kier molecular flexibility index (Phi) is 13.1. The van der Waals surface area contributed by atoms with E-state index in [-0.39, 0.29) is 82.3 Å². The van der Waals surface area contributed by atoms with Crippen molar-refractivity contribution in [3.05, 3.63) is 116 Å². The zero-order valence-corrected chi connectivity index (χ0v) is 40.3. The van der Waals surface area contributed by atoms with Crippen molar-refractivity contribution in [3.63, 3.8) is 0 Å². The number of aliphatic hydroxyl groups is 1. The molecule has 2 unspecified atom stereocenters. The summed E-state index contributed by atoms with van der Waals surface area (Å²) in [6.45, 7) is 21.8. The molecule has 0 saturated heterocycles. The zero-order chi connectivity index (χ0) is 45.0. The minimum Gasteiger partial charge on any atom is -0.506 e. The summed E-state index contributed by atoms with van der Waals surface area (Å²) in [6.07, 6.45) is 0.460. The number of benzene rings is 4. The third-order valence-corrected chi connectivity index (χ3v) is 15.6. The Morgan fingerprint density at radius 1 is 0.758 bits per heavy atom. The van der Waals surface area contributed by atoms with Crippen LogP contribution in [0, 0.1) is 0 Å². The lowest BCUT2D eigenvalue weighted by atomic mass is 9.76. The lowest BCUT2D eigenvalue weighted by Gasteiger charge is -2.34. The molecule has 0 spiro atoms. The molecule has 0 aromatic heterocycles. The van der Waals surface area contributed by atoms with Gasteiger partial charge in [-0.25, -0.2) is 4.58 Å². The summed E-state index contributed by atoms with van der Waals surface area (Å²) >= 11 is 15.3. The first-order valence-corrected chi connectivity index (χ1v) is 24.1. The van der Waals surface area contributed by atoms with Gasteiger partial charge in [-0.15, -0.1) is 23.5 Å². The van der Waals surface area contributed by atoms with Crippen molar-refractivity contribution in [1.82, 2.24) is 4.58 Å². The molecule has 0 fully saturated rings. The van der Waals surface area contributed by atoms with Gasteiger partial charge >= 0.3 is 0 Å². The van der Waals surface area contributed by atoms with Crippen LogP contribution in [0.4, 0.5) is 17.1 Å². The molecular weight excluding hydrogens is 856 g/mol. The van der Waals surface area contributed by atoms with Crippen molar-refractivity contribution in [2.75, 3.05) is 27.0 Å². The van der Waals surface area contributed by atoms with E-state index in [1.807, 2.05) is 72.8 Å². The van der Waals surface area contributed by atoms with E-state index in [9.17, 15) is 19.5 Å². The highest BCUT2D eigenvalue weighted by Crippen LogP contribution is 2.51. The molecule has 2 amide bonds. The van der Waals surface area contributed by atoms with E-state index in [4.69, 9.17) is 23.2 Å². The van der Waals surface area contributed by atoms with E-state index in [1.54, 1.807) is 23.5 Å². The molecule has 0 bridgehead atoms. The fraction of sp³-hybridized carbons (Fsp3) is 0.400. The number of Topliss-reactive ketones (excluding diaryl/α,β-unsaturated/α-hetero) is 1. The second kappa shape index (κ2) is 17.7. The van der Waals surface area contributed by atoms with Gasteiger partial charge in [0, 0.05) is 89.8 Å². The van der Waals surface area contributed by atoms with E-state index in [0.717, 1.165) is 32.0 Å². The predicted molar refractivity (Wildman–Crippen MR) is 260 cm³/mol. The van der Waals surface area contributed by atoms with Gasteiger partial charge in [-0.1, -0.05) is 37.0 Å². The lowest BCUT2D eigenvalue weighted by molar-refractivity contribution is -0.116. The number of hydrogen-bond acceptors (Lipinski definition) is 7. The number of thioether (sulfide) groups is 2. The van der Waals surface area contributed by atoms with Crippen LogP contribution in [0.15, 0.2) is 88.3 Å². The summed E-state index contributed by atoms with van der Waals surface area (Å²) in [7, 11) is 0. The second-order valence-electron chi connectivity index (χ2n) is 18.3. The van der Waals surface area contributed by atoms with Gasteiger partial charge in [0.25, 0.3) is 0 Å². The first kappa shape index (κ1) is 45.8. The molecule has 2 heterocycles. The number of anilines is 3. The van der Waals surface area contributed by atoms with Gasteiger partial charge < -0.3 is 20.6 Å². The standard InChI is InChI=1S/C50H56Cl2N4O4S2/c1-27(2)55-29(5)49(7,8)37-23-35(39(25-41(37)55)53-43(57)19-21-61-33-15-11-31(51)12-16-33)45-47(59)46(48(45)60)36-24-38-42(56(28(3)4)30(6)50(38,9)10)26-40(36)54-44(58)20-22-62-34-17-13-32(52)14-18-34/h11-18,23-30H,19-22H2,1-10H3,(H2,53,54,57,58,59,60)/p+1. The van der Waals surface area contributed by atoms with Crippen LogP contribution in [0.25, 0.3) is 11.1 Å². The van der Waals surface area contributed by atoms with Gasteiger partial charge in [-0.3, -0.25) is 14.4 Å². The van der Waals surface area contributed by atoms with E-state index >= 15 is 0 Å². The lowest BCUT2D eigenvalue weighted by Crippen LogP contribution is -2.42. The summed E-state index contributed by atoms with van der Waals surface area (Å²) in [6, 6.07) is 23.6. The molecule has 12 heteroatoms. The number of fused-ring (bicyclic) bond motifs is 2. The van der Waals surface area contributed by atoms with E-state index in [1.165, 1.54) is 0 Å². The normalized spacial score (nSPS) is 19.5. The Balaban J connectivity index is 1.31. The molecule has 4 aromatic carbocycles. The van der Waals surface area contributed by atoms with Crippen LogP contribution in [0.3, 0.4) is 0 Å². The first-order chi connectivity index (χ1) is 29.2. The van der Waals surface area contributed by atoms with Crippen molar-refractivity contribution in [2.45, 2.75) is 127 Å². The Morgan fingerprint density at radius 3 is 1.79 bits per heavy atom. The fourth-order valence-corrected chi connectivity index (χ4v) is 11.1. The molecule has 0 saturated carbocycles. The number of carbonyl (C=O) groups is 3. The molecule has 4 aromatic rings. The number of carbonyl (C=O) groups excluding carboxylic acids is 3. The number of allylic oxidation sites excluding steroid dienone is 2. The van der Waals surface area contributed by atoms with Crippen molar-refractivity contribution in [2.24, 2.45) is 0 Å². The van der Waals surface area contributed by atoms with Crippen molar-refractivity contribution in [3.8, 4) is 0 Å². The monoisotopic (exact) mass is 911 g/mol. The van der Waals surface area contributed by atoms with Crippen LogP contribution < -0.4 is 30.7 Å². The average Bonchev–Trinajstić information content (AvgIpc) is 3.52. The highest BCUT2D eigenvalue weighted by Gasteiger charge is 2.48. The zero-order valence-electron chi connectivity index (χ0n) is 37.2. The van der Waals surface area contributed by atoms with Crippen LogP contribution in [-0.2, 0) is 25.2 Å². The first-order valence-electron chi connectivity index (χ1n) is 21.4. The maximum atomic E-state index is 14.8. The molecule has 326 valence electrons. The molecule has 2 atom stereocenters. The SMILES string of the molecule is CC(C)N1c2cc(NC(=O)CCSc3ccc(Cl)cc3)c(C3=C(O)/C(=c4/cc5c(cc4NC(=O)CCSc4ccc(Cl)cc4)=[N+](C(C)C)C(C)C5(C)C)C3=O)cc2C(C)(C)C1C. The number of aliphatic hydroxyl groups excluding tert-OH is 1. The summed E-state index contributed by atoms with van der Waals surface area (Å²) in [4.78, 5) is 46.6. The van der Waals surface area contributed by atoms with Gasteiger partial charge in [-0.05, 0) is 128 Å². The Bertz CT molecular complexity index is 2620. The molecular formula is C50H57Cl2N4O4S2+. The van der Waals surface area contributed by atoms with Gasteiger partial charge in [-0.2, -0.15) is 0 Å². The number of halogens is 2. The Morgan fingerprint density at radius 2 is 1.29 bits per heavy atom. The number of hydrogen-bond donors (Lipinski definition) is 3. The molecule has 8 nitrogen and oxygen atoms in total. The molecule has 3 aliphatic rings. The molecule has 3 N–H and O–H groups in total. The largest absolute Gasteiger partial charge is 0.506 e. The Hall–Kier alpha value is -4.22. The maximum Gasteiger partial charge on any atom is 0.225 e. The minimum atomic E-state index is -0.348. The van der Waals surface area contributed by atoms with E-state index in [2.05, 4.69) is 89.3 Å². The summed E-state index contributed by atoms with van der Waals surface area (Å²) in [5, 5.41) is 21.3. The van der Waals surface area contributed by atoms with Crippen molar-refractivity contribution >= 4 is 92.5 Å². The third kappa shape index (κ3) is 8.57. The topological polar surface area (TPSA) is 102 Å². The molecule has 7 rings (SSSR count). The maximum absolute atomic E-state index is 14.8. The summed E-state index contributed by atoms with van der Waals surface area (Å²) in [5.74, 6) is 0.168. The van der Waals surface area contributed by atoms with Gasteiger partial charge in [0.05, 0.1) is 27.9 Å². The molecule has 0 radical (unpaired) electrons. The van der Waals surface area contributed by atoms with E-state index < -0.39 is 0 Å². The smallest absolute Gasteiger partial charge is 0.225 e. The van der Waals surface area contributed by atoms with Gasteiger partial charge in [0.2, 0.25) is 23.0 Å². The highest BCUT2D eigenvalue weighted by molar-refractivity contribution is 7.99. The average molecular weight is 913 g/mol. The summed E-state index contributed by atoms with van der Waals surface area (Å²) < 4.78 is 2.36. The fourth-order valence-electron chi connectivity index (χ4n) is 9.18. The number of ketones is 1. The second-order valence-corrected chi connectivity index (χ2v) is 21.5. The third-order valence-electron chi connectivity index (χ3n) is 13.1. The number of nitrogens with one attached hydrogen (secondary N) is 2. The molecule has 1 aliphatic carbocycles. The van der Waals surface area contributed by atoms with Crippen LogP contribution in [0.1, 0.15) is 98.8 Å². The predicted octanol–water partition coefficient (Wildman–Crippen LogP) is 10.4. The van der Waals surface area contributed by atoms with Crippen molar-refractivity contribution < 1.29 is 19.5 Å². The minimum absolute atomic E-state index is 0.132. The Labute approximate surface area is 384 Å². The van der Waals surface area contributed by atoms with Crippen LogP contribution in [0.5, 0.6) is 0 Å². The van der Waals surface area contributed by atoms with Crippen LogP contribution in [-0.4, -0.2) is 58.4 Å². The quantitative estimate of drug-likeness (QED) is 0.0907. The van der Waals surface area contributed by atoms with Gasteiger partial charge in [0.1, 0.15) is 11.8 Å². The van der Waals surface area contributed by atoms with Gasteiger partial charge in [0.15, 0.2) is 6.04 Å². The van der Waals surface area contributed by atoms with Crippen LogP contribution >= 0.6 is 46.7 Å². The number of amides is 2. The van der Waals surface area contributed by atoms with E-state index in [0.29, 0.717) is 43.7 Å². The number of rotatable bonds is 13. The number of nitrogens with zero attached hydrogens (tertiary/aromatic N) is 2. The molecule has 62 heavy (non-hydrogen) atoms. The van der Waals surface area contributed by atoms with Crippen LogP contribution in [0.2, 0.25) is 10.0 Å².